The highest BCUT2D eigenvalue weighted by Crippen LogP contribution is 2.23. The van der Waals surface area contributed by atoms with E-state index in [1.807, 2.05) is 45.3 Å². The van der Waals surface area contributed by atoms with Gasteiger partial charge in [-0.05, 0) is 68.1 Å². The summed E-state index contributed by atoms with van der Waals surface area (Å²) in [5, 5.41) is 0. The summed E-state index contributed by atoms with van der Waals surface area (Å²) >= 11 is 3.59. The molecule has 0 fully saturated rings. The van der Waals surface area contributed by atoms with Gasteiger partial charge in [0.2, 0.25) is 0 Å². The molecule has 2 rings (SSSR count). The molecule has 1 aromatic carbocycles. The minimum Gasteiger partial charge on any atom is -0.444 e. The van der Waals surface area contributed by atoms with Gasteiger partial charge in [0.05, 0.1) is 17.4 Å². The third-order valence-electron chi connectivity index (χ3n) is 3.69. The Labute approximate surface area is 152 Å². The Morgan fingerprint density at radius 2 is 2.04 bits per heavy atom. The molecule has 24 heavy (non-hydrogen) atoms. The minimum atomic E-state index is -0.443. The van der Waals surface area contributed by atoms with Crippen molar-refractivity contribution in [2.24, 2.45) is 0 Å². The Hall–Kier alpha value is -1.56. The van der Waals surface area contributed by atoms with Gasteiger partial charge in [-0.3, -0.25) is 0 Å². The minimum absolute atomic E-state index is 0.257. The van der Waals surface area contributed by atoms with Gasteiger partial charge in [0.15, 0.2) is 0 Å². The van der Waals surface area contributed by atoms with Crippen LogP contribution in [0.2, 0.25) is 0 Å². The van der Waals surface area contributed by atoms with Gasteiger partial charge in [0, 0.05) is 24.6 Å². The number of fused-ring (bicyclic) bond motifs is 1. The number of ether oxygens (including phenoxy) is 1. The quantitative estimate of drug-likeness (QED) is 0.657. The van der Waals surface area contributed by atoms with E-state index in [0.717, 1.165) is 41.3 Å². The second kappa shape index (κ2) is 8.01. The second-order valence-corrected chi connectivity index (χ2v) is 7.86. The number of hydrogen-bond acceptors (Lipinski definition) is 3. The first kappa shape index (κ1) is 18.8. The molecule has 1 heterocycles. The van der Waals surface area contributed by atoms with Gasteiger partial charge >= 0.3 is 6.09 Å². The second-order valence-electron chi connectivity index (χ2n) is 7.01. The van der Waals surface area contributed by atoms with Crippen molar-refractivity contribution in [3.05, 3.63) is 29.0 Å². The molecule has 0 aliphatic carbocycles. The van der Waals surface area contributed by atoms with Gasteiger partial charge in [-0.1, -0.05) is 6.07 Å². The number of aromatic nitrogens is 2. The molecular formula is C18H26BrN3O2. The number of unbranched alkanes of at least 4 members (excludes halogenated alkanes) is 2. The molecule has 0 aliphatic heterocycles. The van der Waals surface area contributed by atoms with E-state index < -0.39 is 5.60 Å². The molecule has 0 saturated heterocycles. The van der Waals surface area contributed by atoms with Crippen LogP contribution >= 0.6 is 15.9 Å². The van der Waals surface area contributed by atoms with Crippen LogP contribution in [0.15, 0.2) is 29.0 Å². The average Bonchev–Trinajstić information content (AvgIpc) is 2.89. The van der Waals surface area contributed by atoms with Gasteiger partial charge in [0.25, 0.3) is 0 Å². The zero-order valence-corrected chi connectivity index (χ0v) is 16.5. The lowest BCUT2D eigenvalue weighted by atomic mass is 10.2. The van der Waals surface area contributed by atoms with Crippen LogP contribution in [0.3, 0.4) is 0 Å². The molecule has 1 amide bonds. The normalized spacial score (nSPS) is 11.7. The molecule has 0 unspecified atom stereocenters. The first-order valence-corrected chi connectivity index (χ1v) is 9.11. The van der Waals surface area contributed by atoms with E-state index in [2.05, 4.69) is 25.5 Å². The lowest BCUT2D eigenvalue weighted by Crippen LogP contribution is -2.34. The summed E-state index contributed by atoms with van der Waals surface area (Å²) in [6, 6.07) is 6.05. The third kappa shape index (κ3) is 5.23. The number of imidazole rings is 1. The number of halogens is 1. The molecule has 0 N–H and O–H groups in total. The van der Waals surface area contributed by atoms with E-state index >= 15 is 0 Å². The fourth-order valence-electron chi connectivity index (χ4n) is 2.49. The Morgan fingerprint density at radius 3 is 2.75 bits per heavy atom. The lowest BCUT2D eigenvalue weighted by Gasteiger charge is -2.24. The molecule has 0 atom stereocenters. The summed E-state index contributed by atoms with van der Waals surface area (Å²) in [6.45, 7) is 7.28. The summed E-state index contributed by atoms with van der Waals surface area (Å²) in [5.41, 5.74) is 1.71. The van der Waals surface area contributed by atoms with E-state index in [9.17, 15) is 4.79 Å². The monoisotopic (exact) mass is 395 g/mol. The van der Waals surface area contributed by atoms with Crippen LogP contribution in [-0.4, -0.2) is 39.7 Å². The molecule has 132 valence electrons. The Kier molecular flexibility index (Phi) is 6.27. The van der Waals surface area contributed by atoms with E-state index in [1.165, 1.54) is 0 Å². The number of carbonyl (C=O) groups is 1. The van der Waals surface area contributed by atoms with Crippen molar-refractivity contribution >= 4 is 33.1 Å². The maximum atomic E-state index is 11.9. The zero-order valence-electron chi connectivity index (χ0n) is 14.9. The van der Waals surface area contributed by atoms with Crippen LogP contribution in [0.5, 0.6) is 0 Å². The number of hydrogen-bond donors (Lipinski definition) is 0. The number of rotatable bonds is 6. The molecule has 1 aromatic heterocycles. The summed E-state index contributed by atoms with van der Waals surface area (Å²) in [4.78, 5) is 18.0. The first-order valence-electron chi connectivity index (χ1n) is 8.31. The average molecular weight is 396 g/mol. The molecule has 5 nitrogen and oxygen atoms in total. The van der Waals surface area contributed by atoms with Crippen LogP contribution in [0.1, 0.15) is 40.0 Å². The van der Waals surface area contributed by atoms with Crippen molar-refractivity contribution in [1.29, 1.82) is 0 Å². The predicted molar refractivity (Wildman–Crippen MR) is 100 cm³/mol. The van der Waals surface area contributed by atoms with Crippen molar-refractivity contribution in [1.82, 2.24) is 14.5 Å². The van der Waals surface area contributed by atoms with Gasteiger partial charge in [-0.25, -0.2) is 9.78 Å². The predicted octanol–water partition coefficient (Wildman–Crippen LogP) is 4.84. The van der Waals surface area contributed by atoms with Crippen LogP contribution < -0.4 is 0 Å². The molecule has 2 aromatic rings. The van der Waals surface area contributed by atoms with Crippen LogP contribution in [0.4, 0.5) is 4.79 Å². The van der Waals surface area contributed by atoms with Gasteiger partial charge in [-0.15, -0.1) is 0 Å². The highest BCUT2D eigenvalue weighted by Gasteiger charge is 2.19. The smallest absolute Gasteiger partial charge is 0.410 e. The molecule has 0 saturated carbocycles. The van der Waals surface area contributed by atoms with Crippen molar-refractivity contribution in [2.75, 3.05) is 13.6 Å². The lowest BCUT2D eigenvalue weighted by molar-refractivity contribution is 0.0296. The maximum absolute atomic E-state index is 11.9. The van der Waals surface area contributed by atoms with Gasteiger partial charge < -0.3 is 14.2 Å². The number of benzene rings is 1. The first-order chi connectivity index (χ1) is 11.3. The number of aryl methyl sites for hydroxylation is 1. The van der Waals surface area contributed by atoms with Crippen molar-refractivity contribution in [2.45, 2.75) is 52.2 Å². The van der Waals surface area contributed by atoms with Crippen molar-refractivity contribution in [3.8, 4) is 0 Å². The molecule has 0 aliphatic rings. The van der Waals surface area contributed by atoms with Gasteiger partial charge in [-0.2, -0.15) is 0 Å². The molecule has 6 heteroatoms. The summed E-state index contributed by atoms with van der Waals surface area (Å²) in [5.74, 6) is 0. The van der Waals surface area contributed by atoms with E-state index in [4.69, 9.17) is 4.74 Å². The van der Waals surface area contributed by atoms with Crippen LogP contribution in [0.25, 0.3) is 11.0 Å². The Bertz CT molecular complexity index is 691. The van der Waals surface area contributed by atoms with E-state index in [1.54, 1.807) is 11.9 Å². The fourth-order valence-corrected chi connectivity index (χ4v) is 3.07. The van der Waals surface area contributed by atoms with Crippen LogP contribution in [-0.2, 0) is 11.3 Å². The zero-order chi connectivity index (χ0) is 17.7. The number of para-hydroxylation sites is 1. The van der Waals surface area contributed by atoms with E-state index in [-0.39, 0.29) is 6.09 Å². The Balaban J connectivity index is 1.74. The topological polar surface area (TPSA) is 47.4 Å². The van der Waals surface area contributed by atoms with Crippen molar-refractivity contribution in [3.63, 3.8) is 0 Å². The highest BCUT2D eigenvalue weighted by molar-refractivity contribution is 9.10. The molecule has 0 radical (unpaired) electrons. The van der Waals surface area contributed by atoms with Crippen molar-refractivity contribution < 1.29 is 9.53 Å². The molecule has 0 bridgehead atoms. The van der Waals surface area contributed by atoms with Crippen LogP contribution in [0, 0.1) is 0 Å². The SMILES string of the molecule is CN(CCCCCn1cnc2cccc(Br)c21)C(=O)OC(C)(C)C. The number of amides is 1. The summed E-state index contributed by atoms with van der Waals surface area (Å²) in [6.07, 6.45) is 4.70. The maximum Gasteiger partial charge on any atom is 0.410 e. The van der Waals surface area contributed by atoms with Gasteiger partial charge in [0.1, 0.15) is 5.60 Å². The third-order valence-corrected chi connectivity index (χ3v) is 4.33. The molecule has 0 spiro atoms. The standard InChI is InChI=1S/C18H26BrN3O2/c1-18(2,3)24-17(23)21(4)11-6-5-7-12-22-13-20-15-10-8-9-14(19)16(15)22/h8-10,13H,5-7,11-12H2,1-4H3. The molecular weight excluding hydrogens is 370 g/mol. The highest BCUT2D eigenvalue weighted by atomic mass is 79.9. The largest absolute Gasteiger partial charge is 0.444 e. The fraction of sp³-hybridized carbons (Fsp3) is 0.556. The summed E-state index contributed by atoms with van der Waals surface area (Å²) < 4.78 is 8.60. The number of carbonyl (C=O) groups excluding carboxylic acids is 1. The number of nitrogens with zero attached hydrogens (tertiary/aromatic N) is 3. The summed E-state index contributed by atoms with van der Waals surface area (Å²) in [7, 11) is 1.79. The Morgan fingerprint density at radius 1 is 1.29 bits per heavy atom. The van der Waals surface area contributed by atoms with E-state index in [0.29, 0.717) is 6.54 Å².